The lowest BCUT2D eigenvalue weighted by Gasteiger charge is -2.21. The second kappa shape index (κ2) is 9.02. The fraction of sp³-hybridized carbons (Fsp3) is 0.350. The molecule has 1 aliphatic heterocycles. The van der Waals surface area contributed by atoms with Crippen LogP contribution in [0.2, 0.25) is 0 Å². The van der Waals surface area contributed by atoms with Crippen molar-refractivity contribution in [3.05, 3.63) is 59.9 Å². The Morgan fingerprint density at radius 2 is 1.64 bits per heavy atom. The first kappa shape index (κ1) is 18.0. The van der Waals surface area contributed by atoms with Crippen molar-refractivity contribution in [3.8, 4) is 11.1 Å². The summed E-state index contributed by atoms with van der Waals surface area (Å²) in [5.74, 6) is 0.612. The summed E-state index contributed by atoms with van der Waals surface area (Å²) in [6, 6.07) is 13.7. The van der Waals surface area contributed by atoms with Crippen LogP contribution in [-0.2, 0) is 4.74 Å². The predicted molar refractivity (Wildman–Crippen MR) is 100 cm³/mol. The largest absolute Gasteiger partial charge is 0.381 e. The van der Waals surface area contributed by atoms with E-state index in [9.17, 15) is 9.18 Å². The van der Waals surface area contributed by atoms with E-state index in [1.807, 2.05) is 23.9 Å². The standard InChI is InChI=1S/C20H22FNO2S/c21-18-7-5-16(6-8-18)15-1-3-17(4-2-15)20(23)22-11-14-25-19-9-12-24-13-10-19/h1-8,19H,9-14H2,(H,22,23). The van der Waals surface area contributed by atoms with Crippen LogP contribution in [0.1, 0.15) is 23.2 Å². The van der Waals surface area contributed by atoms with E-state index in [0.29, 0.717) is 17.4 Å². The van der Waals surface area contributed by atoms with Gasteiger partial charge in [-0.1, -0.05) is 24.3 Å². The molecule has 1 fully saturated rings. The molecule has 0 bridgehead atoms. The van der Waals surface area contributed by atoms with Gasteiger partial charge in [0.1, 0.15) is 5.82 Å². The molecule has 1 heterocycles. The SMILES string of the molecule is O=C(NCCSC1CCOCC1)c1ccc(-c2ccc(F)cc2)cc1. The van der Waals surface area contributed by atoms with Crippen molar-refractivity contribution in [2.45, 2.75) is 18.1 Å². The van der Waals surface area contributed by atoms with E-state index in [2.05, 4.69) is 5.32 Å². The maximum atomic E-state index is 13.0. The van der Waals surface area contributed by atoms with Gasteiger partial charge in [0.15, 0.2) is 0 Å². The lowest BCUT2D eigenvalue weighted by atomic mass is 10.0. The summed E-state index contributed by atoms with van der Waals surface area (Å²) in [6.07, 6.45) is 2.20. The maximum Gasteiger partial charge on any atom is 0.251 e. The van der Waals surface area contributed by atoms with Crippen LogP contribution in [0.15, 0.2) is 48.5 Å². The third-order valence-corrected chi connectivity index (χ3v) is 5.62. The minimum absolute atomic E-state index is 0.0572. The average Bonchev–Trinajstić information content (AvgIpc) is 2.67. The van der Waals surface area contributed by atoms with Gasteiger partial charge in [0, 0.05) is 36.3 Å². The van der Waals surface area contributed by atoms with Crippen LogP contribution in [0.5, 0.6) is 0 Å². The molecule has 2 aromatic carbocycles. The average molecular weight is 359 g/mol. The lowest BCUT2D eigenvalue weighted by Crippen LogP contribution is -2.27. The van der Waals surface area contributed by atoms with Crippen LogP contribution in [-0.4, -0.2) is 36.7 Å². The molecule has 3 nitrogen and oxygen atoms in total. The Balaban J connectivity index is 1.46. The highest BCUT2D eigenvalue weighted by Crippen LogP contribution is 2.22. The Labute approximate surface area is 152 Å². The Bertz CT molecular complexity index is 682. The zero-order valence-corrected chi connectivity index (χ0v) is 14.9. The highest BCUT2D eigenvalue weighted by molar-refractivity contribution is 7.99. The fourth-order valence-electron chi connectivity index (χ4n) is 2.79. The molecular formula is C20H22FNO2S. The van der Waals surface area contributed by atoms with Gasteiger partial charge in [-0.15, -0.1) is 0 Å². The van der Waals surface area contributed by atoms with Gasteiger partial charge in [-0.25, -0.2) is 4.39 Å². The Morgan fingerprint density at radius 3 is 2.28 bits per heavy atom. The number of nitrogens with one attached hydrogen (secondary N) is 1. The molecular weight excluding hydrogens is 337 g/mol. The zero-order valence-electron chi connectivity index (χ0n) is 14.0. The molecule has 0 aliphatic carbocycles. The number of hydrogen-bond acceptors (Lipinski definition) is 3. The molecule has 0 spiro atoms. The lowest BCUT2D eigenvalue weighted by molar-refractivity contribution is 0.0955. The van der Waals surface area contributed by atoms with Crippen LogP contribution in [0, 0.1) is 5.82 Å². The molecule has 0 saturated carbocycles. The van der Waals surface area contributed by atoms with Gasteiger partial charge >= 0.3 is 0 Å². The third-order valence-electron chi connectivity index (χ3n) is 4.23. The fourth-order valence-corrected chi connectivity index (χ4v) is 3.87. The summed E-state index contributed by atoms with van der Waals surface area (Å²) in [5, 5.41) is 3.62. The quantitative estimate of drug-likeness (QED) is 0.788. The topological polar surface area (TPSA) is 38.3 Å². The molecule has 0 atom stereocenters. The number of hydrogen-bond donors (Lipinski definition) is 1. The van der Waals surface area contributed by atoms with E-state index >= 15 is 0 Å². The molecule has 2 aromatic rings. The van der Waals surface area contributed by atoms with Crippen molar-refractivity contribution < 1.29 is 13.9 Å². The van der Waals surface area contributed by atoms with Crippen molar-refractivity contribution in [2.24, 2.45) is 0 Å². The van der Waals surface area contributed by atoms with Crippen molar-refractivity contribution in [1.29, 1.82) is 0 Å². The monoisotopic (exact) mass is 359 g/mol. The van der Waals surface area contributed by atoms with Crippen molar-refractivity contribution in [1.82, 2.24) is 5.32 Å². The summed E-state index contributed by atoms with van der Waals surface area (Å²) < 4.78 is 18.3. The van der Waals surface area contributed by atoms with E-state index in [1.54, 1.807) is 24.3 Å². The summed E-state index contributed by atoms with van der Waals surface area (Å²) in [4.78, 5) is 12.2. The molecule has 1 N–H and O–H groups in total. The summed E-state index contributed by atoms with van der Waals surface area (Å²) in [6.45, 7) is 2.37. The van der Waals surface area contributed by atoms with Gasteiger partial charge in [-0.3, -0.25) is 4.79 Å². The number of carbonyl (C=O) groups is 1. The van der Waals surface area contributed by atoms with Crippen LogP contribution >= 0.6 is 11.8 Å². The number of thioether (sulfide) groups is 1. The Hall–Kier alpha value is -1.85. The number of rotatable bonds is 6. The summed E-state index contributed by atoms with van der Waals surface area (Å²) >= 11 is 1.91. The summed E-state index contributed by atoms with van der Waals surface area (Å²) in [7, 11) is 0. The van der Waals surface area contributed by atoms with Gasteiger partial charge in [-0.2, -0.15) is 11.8 Å². The van der Waals surface area contributed by atoms with Gasteiger partial charge in [0.05, 0.1) is 0 Å². The number of ether oxygens (including phenoxy) is 1. The molecule has 0 unspecified atom stereocenters. The highest BCUT2D eigenvalue weighted by Gasteiger charge is 2.14. The van der Waals surface area contributed by atoms with Crippen molar-refractivity contribution >= 4 is 17.7 Å². The van der Waals surface area contributed by atoms with Crippen LogP contribution < -0.4 is 5.32 Å². The van der Waals surface area contributed by atoms with E-state index in [-0.39, 0.29) is 11.7 Å². The second-order valence-electron chi connectivity index (χ2n) is 6.02. The Morgan fingerprint density at radius 1 is 1.04 bits per heavy atom. The predicted octanol–water partition coefficient (Wildman–Crippen LogP) is 4.13. The van der Waals surface area contributed by atoms with E-state index in [0.717, 1.165) is 42.9 Å². The van der Waals surface area contributed by atoms with Crippen molar-refractivity contribution in [2.75, 3.05) is 25.5 Å². The number of amides is 1. The smallest absolute Gasteiger partial charge is 0.251 e. The first-order valence-corrected chi connectivity index (χ1v) is 9.61. The maximum absolute atomic E-state index is 13.0. The van der Waals surface area contributed by atoms with Gasteiger partial charge < -0.3 is 10.1 Å². The molecule has 5 heteroatoms. The van der Waals surface area contributed by atoms with E-state index < -0.39 is 0 Å². The molecule has 3 rings (SSSR count). The zero-order chi connectivity index (χ0) is 17.5. The van der Waals surface area contributed by atoms with Crippen LogP contribution in [0.4, 0.5) is 4.39 Å². The Kier molecular flexibility index (Phi) is 6.48. The normalized spacial score (nSPS) is 15.1. The van der Waals surface area contributed by atoms with Crippen LogP contribution in [0.3, 0.4) is 0 Å². The molecule has 132 valence electrons. The first-order chi connectivity index (χ1) is 12.2. The minimum Gasteiger partial charge on any atom is -0.381 e. The molecule has 1 saturated heterocycles. The number of benzene rings is 2. The van der Waals surface area contributed by atoms with Gasteiger partial charge in [0.2, 0.25) is 0 Å². The van der Waals surface area contributed by atoms with E-state index in [4.69, 9.17) is 4.74 Å². The molecule has 1 aliphatic rings. The van der Waals surface area contributed by atoms with Crippen LogP contribution in [0.25, 0.3) is 11.1 Å². The highest BCUT2D eigenvalue weighted by atomic mass is 32.2. The summed E-state index contributed by atoms with van der Waals surface area (Å²) in [5.41, 5.74) is 2.54. The molecule has 0 aromatic heterocycles. The first-order valence-electron chi connectivity index (χ1n) is 8.56. The van der Waals surface area contributed by atoms with Crippen molar-refractivity contribution in [3.63, 3.8) is 0 Å². The minimum atomic E-state index is -0.252. The van der Waals surface area contributed by atoms with E-state index in [1.165, 1.54) is 12.1 Å². The van der Waals surface area contributed by atoms with Gasteiger partial charge in [0.25, 0.3) is 5.91 Å². The van der Waals surface area contributed by atoms with Gasteiger partial charge in [-0.05, 0) is 48.2 Å². The molecule has 1 amide bonds. The number of halogens is 1. The second-order valence-corrected chi connectivity index (χ2v) is 7.43. The molecule has 0 radical (unpaired) electrons. The molecule has 25 heavy (non-hydrogen) atoms. The number of carbonyl (C=O) groups excluding carboxylic acids is 1. The third kappa shape index (κ3) is 5.31.